The van der Waals surface area contributed by atoms with E-state index in [2.05, 4.69) is 15.5 Å². The van der Waals surface area contributed by atoms with Gasteiger partial charge in [0.1, 0.15) is 11.4 Å². The zero-order valence-electron chi connectivity index (χ0n) is 18.1. The molecule has 168 valence electrons. The van der Waals surface area contributed by atoms with Crippen molar-refractivity contribution in [1.82, 2.24) is 15.0 Å². The summed E-state index contributed by atoms with van der Waals surface area (Å²) in [5.41, 5.74) is 4.01. The van der Waals surface area contributed by atoms with Crippen LogP contribution in [0.5, 0.6) is 17.2 Å². The first kappa shape index (κ1) is 21.8. The lowest BCUT2D eigenvalue weighted by Crippen LogP contribution is -2.30. The van der Waals surface area contributed by atoms with Crippen molar-refractivity contribution in [3.8, 4) is 17.2 Å². The molecule has 1 aliphatic carbocycles. The molecule has 0 aliphatic heterocycles. The molecule has 9 nitrogen and oxygen atoms in total. The number of hydrogen-bond donors (Lipinski definition) is 1. The Labute approximate surface area is 188 Å². The van der Waals surface area contributed by atoms with Gasteiger partial charge in [0.2, 0.25) is 5.75 Å². The van der Waals surface area contributed by atoms with Gasteiger partial charge in [0.25, 0.3) is 11.5 Å². The number of ether oxygens (including phenoxy) is 3. The third-order valence-corrected chi connectivity index (χ3v) is 6.55. The first-order valence-corrected chi connectivity index (χ1v) is 11.0. The topological polar surface area (TPSA) is 104 Å². The Morgan fingerprint density at radius 3 is 2.59 bits per heavy atom. The van der Waals surface area contributed by atoms with Crippen molar-refractivity contribution in [1.29, 1.82) is 0 Å². The summed E-state index contributed by atoms with van der Waals surface area (Å²) < 4.78 is 17.2. The highest BCUT2D eigenvalue weighted by atomic mass is 32.1. The van der Waals surface area contributed by atoms with E-state index in [0.29, 0.717) is 28.2 Å². The normalized spacial score (nSPS) is 13.2. The van der Waals surface area contributed by atoms with E-state index in [1.54, 1.807) is 23.5 Å². The number of amides is 1. The molecule has 3 aromatic rings. The zero-order valence-corrected chi connectivity index (χ0v) is 19.0. The number of aryl methyl sites for hydroxylation is 2. The Kier molecular flexibility index (Phi) is 6.40. The largest absolute Gasteiger partial charge is 0.493 e. The molecule has 4 rings (SSSR count). The van der Waals surface area contributed by atoms with Gasteiger partial charge in [0.15, 0.2) is 11.5 Å². The fourth-order valence-corrected chi connectivity index (χ4v) is 5.06. The summed E-state index contributed by atoms with van der Waals surface area (Å²) in [7, 11) is 4.56. The van der Waals surface area contributed by atoms with Crippen LogP contribution in [0.2, 0.25) is 0 Å². The second kappa shape index (κ2) is 9.39. The fraction of sp³-hybridized carbons (Fsp3) is 0.364. The maximum atomic E-state index is 13.0. The lowest BCUT2D eigenvalue weighted by molar-refractivity contribution is -0.121. The first-order valence-electron chi connectivity index (χ1n) is 10.2. The van der Waals surface area contributed by atoms with Crippen molar-refractivity contribution >= 4 is 33.7 Å². The molecule has 1 amide bonds. The molecule has 0 fully saturated rings. The van der Waals surface area contributed by atoms with Crippen LogP contribution < -0.4 is 25.2 Å². The zero-order chi connectivity index (χ0) is 22.7. The number of rotatable bonds is 7. The molecule has 0 bridgehead atoms. The molecule has 0 atom stereocenters. The number of benzene rings is 1. The molecule has 1 aromatic carbocycles. The van der Waals surface area contributed by atoms with Crippen LogP contribution in [0.3, 0.4) is 0 Å². The maximum Gasteiger partial charge on any atom is 0.262 e. The maximum absolute atomic E-state index is 13.0. The molecule has 1 N–H and O–H groups in total. The lowest BCUT2D eigenvalue weighted by atomic mass is 9.97. The molecule has 2 aromatic heterocycles. The van der Waals surface area contributed by atoms with Gasteiger partial charge in [0, 0.05) is 10.4 Å². The van der Waals surface area contributed by atoms with Gasteiger partial charge >= 0.3 is 0 Å². The summed E-state index contributed by atoms with van der Waals surface area (Å²) in [6, 6.07) is 3.41. The van der Waals surface area contributed by atoms with Crippen molar-refractivity contribution in [3.05, 3.63) is 44.8 Å². The third kappa shape index (κ3) is 4.18. The smallest absolute Gasteiger partial charge is 0.262 e. The van der Waals surface area contributed by atoms with Crippen molar-refractivity contribution in [2.24, 2.45) is 5.10 Å². The summed E-state index contributed by atoms with van der Waals surface area (Å²) >= 11 is 1.58. The Bertz CT molecular complexity index is 1220. The number of nitrogens with zero attached hydrogens (tertiary/aromatic N) is 3. The fourth-order valence-electron chi connectivity index (χ4n) is 3.84. The molecular weight excluding hydrogens is 432 g/mol. The molecular formula is C22H24N4O5S. The summed E-state index contributed by atoms with van der Waals surface area (Å²) in [6.45, 7) is -0.168. The minimum atomic E-state index is -0.430. The number of thiophene rings is 1. The molecule has 2 heterocycles. The summed E-state index contributed by atoms with van der Waals surface area (Å²) in [6.07, 6.45) is 6.98. The molecule has 1 aliphatic rings. The number of aromatic nitrogens is 2. The van der Waals surface area contributed by atoms with Gasteiger partial charge in [0.05, 0.1) is 39.3 Å². The van der Waals surface area contributed by atoms with E-state index in [1.807, 2.05) is 0 Å². The number of methoxy groups -OCH3 is 3. The standard InChI is InChI=1S/C22H24N4O5S/c1-29-15-8-13(9-16(30-2)20(15)31-3)10-24-25-18(27)11-26-12-23-21-19(22(26)28)14-6-4-5-7-17(14)32-21/h8-10,12H,4-7,11H2,1-3H3,(H,25,27)/b24-10+. The second-order valence-corrected chi connectivity index (χ2v) is 8.40. The average Bonchev–Trinajstić information content (AvgIpc) is 3.19. The van der Waals surface area contributed by atoms with Gasteiger partial charge in [-0.05, 0) is 43.4 Å². The van der Waals surface area contributed by atoms with Gasteiger partial charge in [-0.1, -0.05) is 0 Å². The van der Waals surface area contributed by atoms with Gasteiger partial charge in [-0.15, -0.1) is 11.3 Å². The predicted molar refractivity (Wildman–Crippen MR) is 122 cm³/mol. The van der Waals surface area contributed by atoms with E-state index in [-0.39, 0.29) is 12.1 Å². The van der Waals surface area contributed by atoms with Crippen molar-refractivity contribution in [3.63, 3.8) is 0 Å². The van der Waals surface area contributed by atoms with Gasteiger partial charge in [-0.3, -0.25) is 14.2 Å². The van der Waals surface area contributed by atoms with Crippen LogP contribution in [-0.2, 0) is 24.2 Å². The van der Waals surface area contributed by atoms with E-state index in [4.69, 9.17) is 14.2 Å². The van der Waals surface area contributed by atoms with Crippen LogP contribution in [0.25, 0.3) is 10.2 Å². The Morgan fingerprint density at radius 1 is 1.19 bits per heavy atom. The number of fused-ring (bicyclic) bond motifs is 3. The molecule has 0 saturated heterocycles. The van der Waals surface area contributed by atoms with E-state index < -0.39 is 5.91 Å². The number of nitrogens with one attached hydrogen (secondary N) is 1. The van der Waals surface area contributed by atoms with E-state index in [9.17, 15) is 9.59 Å². The number of hydrogen-bond acceptors (Lipinski definition) is 8. The van der Waals surface area contributed by atoms with E-state index >= 15 is 0 Å². The third-order valence-electron chi connectivity index (χ3n) is 5.35. The van der Waals surface area contributed by atoms with Crippen LogP contribution in [0.1, 0.15) is 28.8 Å². The summed E-state index contributed by atoms with van der Waals surface area (Å²) in [5, 5.41) is 4.64. The van der Waals surface area contributed by atoms with Gasteiger partial charge in [-0.2, -0.15) is 5.10 Å². The quantitative estimate of drug-likeness (QED) is 0.433. The number of carbonyl (C=O) groups is 1. The van der Waals surface area contributed by atoms with Crippen LogP contribution in [0.4, 0.5) is 0 Å². The molecule has 0 unspecified atom stereocenters. The Hall–Kier alpha value is -3.40. The van der Waals surface area contributed by atoms with Crippen LogP contribution in [-0.4, -0.2) is 43.0 Å². The second-order valence-electron chi connectivity index (χ2n) is 7.32. The van der Waals surface area contributed by atoms with Crippen LogP contribution in [0.15, 0.2) is 28.4 Å². The van der Waals surface area contributed by atoms with Crippen molar-refractivity contribution in [2.45, 2.75) is 32.2 Å². The Balaban J connectivity index is 1.49. The van der Waals surface area contributed by atoms with E-state index in [1.165, 1.54) is 43.3 Å². The minimum Gasteiger partial charge on any atom is -0.493 e. The highest BCUT2D eigenvalue weighted by Crippen LogP contribution is 2.37. The van der Waals surface area contributed by atoms with E-state index in [0.717, 1.165) is 36.1 Å². The summed E-state index contributed by atoms with van der Waals surface area (Å²) in [5.74, 6) is 0.990. The lowest BCUT2D eigenvalue weighted by Gasteiger charge is -2.12. The SMILES string of the molecule is COc1cc(/C=N/NC(=O)Cn2cnc3sc4c(c3c2=O)CCCC4)cc(OC)c1OC. The van der Waals surface area contributed by atoms with Crippen LogP contribution >= 0.6 is 11.3 Å². The molecule has 32 heavy (non-hydrogen) atoms. The number of hydrazone groups is 1. The molecule has 0 radical (unpaired) electrons. The monoisotopic (exact) mass is 456 g/mol. The molecule has 0 spiro atoms. The number of carbonyl (C=O) groups excluding carboxylic acids is 1. The highest BCUT2D eigenvalue weighted by molar-refractivity contribution is 7.18. The van der Waals surface area contributed by atoms with Crippen molar-refractivity contribution < 1.29 is 19.0 Å². The summed E-state index contributed by atoms with van der Waals surface area (Å²) in [4.78, 5) is 31.7. The van der Waals surface area contributed by atoms with Gasteiger partial charge < -0.3 is 14.2 Å². The Morgan fingerprint density at radius 2 is 1.91 bits per heavy atom. The van der Waals surface area contributed by atoms with Crippen LogP contribution in [0, 0.1) is 0 Å². The van der Waals surface area contributed by atoms with Gasteiger partial charge in [-0.25, -0.2) is 10.4 Å². The molecule has 10 heteroatoms. The minimum absolute atomic E-state index is 0.168. The molecule has 0 saturated carbocycles. The average molecular weight is 457 g/mol. The first-order chi connectivity index (χ1) is 15.5. The highest BCUT2D eigenvalue weighted by Gasteiger charge is 2.20. The van der Waals surface area contributed by atoms with Crippen molar-refractivity contribution in [2.75, 3.05) is 21.3 Å². The predicted octanol–water partition coefficient (Wildman–Crippen LogP) is 2.51.